The third-order valence-electron chi connectivity index (χ3n) is 4.03. The summed E-state index contributed by atoms with van der Waals surface area (Å²) in [5.41, 5.74) is 0.263. The monoisotopic (exact) mass is 332 g/mol. The molecule has 1 aromatic carbocycles. The zero-order chi connectivity index (χ0) is 16.9. The summed E-state index contributed by atoms with van der Waals surface area (Å²) < 4.78 is 26.0. The number of hydrogen-bond acceptors (Lipinski definition) is 4. The predicted octanol–water partition coefficient (Wildman–Crippen LogP) is 3.75. The van der Waals surface area contributed by atoms with E-state index in [4.69, 9.17) is 0 Å². The number of carbonyl (C=O) groups is 1. The van der Waals surface area contributed by atoms with Gasteiger partial charge in [0, 0.05) is 17.8 Å². The summed E-state index contributed by atoms with van der Waals surface area (Å²) in [6.45, 7) is 0. The molecule has 3 rings (SSSR count). The lowest BCUT2D eigenvalue weighted by Gasteiger charge is -2.22. The van der Waals surface area contributed by atoms with Gasteiger partial charge in [-0.15, -0.1) is 10.2 Å². The van der Waals surface area contributed by atoms with E-state index in [1.165, 1.54) is 25.3 Å². The first-order chi connectivity index (χ1) is 11.6. The van der Waals surface area contributed by atoms with Gasteiger partial charge in [-0.05, 0) is 37.1 Å². The van der Waals surface area contributed by atoms with Crippen molar-refractivity contribution in [3.63, 3.8) is 0 Å². The van der Waals surface area contributed by atoms with Crippen LogP contribution in [0.4, 0.5) is 20.3 Å². The average Bonchev–Trinajstić information content (AvgIpc) is 2.60. The Bertz CT molecular complexity index is 715. The Balaban J connectivity index is 1.61. The number of halogens is 2. The van der Waals surface area contributed by atoms with Gasteiger partial charge in [0.05, 0.1) is 0 Å². The van der Waals surface area contributed by atoms with E-state index in [2.05, 4.69) is 20.8 Å². The van der Waals surface area contributed by atoms with Crippen LogP contribution in [-0.2, 0) is 0 Å². The topological polar surface area (TPSA) is 66.9 Å². The molecule has 0 bridgehead atoms. The summed E-state index contributed by atoms with van der Waals surface area (Å²) in [6, 6.07) is 6.79. The van der Waals surface area contributed by atoms with E-state index in [0.717, 1.165) is 25.0 Å². The van der Waals surface area contributed by atoms with E-state index in [-0.39, 0.29) is 11.4 Å². The van der Waals surface area contributed by atoms with Crippen molar-refractivity contribution < 1.29 is 13.6 Å². The molecule has 1 saturated carbocycles. The second-order valence-electron chi connectivity index (χ2n) is 5.87. The average molecular weight is 332 g/mol. The number of nitrogens with one attached hydrogen (secondary N) is 2. The Morgan fingerprint density at radius 2 is 1.79 bits per heavy atom. The van der Waals surface area contributed by atoms with Gasteiger partial charge in [0.25, 0.3) is 5.91 Å². The molecular formula is C17H18F2N4O. The molecule has 0 saturated heterocycles. The minimum atomic E-state index is -1.02. The molecule has 126 valence electrons. The number of benzene rings is 1. The first-order valence-corrected chi connectivity index (χ1v) is 7.98. The van der Waals surface area contributed by atoms with Gasteiger partial charge in [-0.3, -0.25) is 4.79 Å². The molecule has 1 heterocycles. The molecule has 0 radical (unpaired) electrons. The van der Waals surface area contributed by atoms with E-state index < -0.39 is 17.5 Å². The van der Waals surface area contributed by atoms with Gasteiger partial charge in [-0.2, -0.15) is 0 Å². The highest BCUT2D eigenvalue weighted by Gasteiger charge is 2.15. The lowest BCUT2D eigenvalue weighted by atomic mass is 9.95. The fourth-order valence-electron chi connectivity index (χ4n) is 2.76. The Labute approximate surface area is 138 Å². The highest BCUT2D eigenvalue weighted by atomic mass is 19.2. The van der Waals surface area contributed by atoms with Crippen LogP contribution < -0.4 is 10.6 Å². The van der Waals surface area contributed by atoms with E-state index in [9.17, 15) is 13.6 Å². The van der Waals surface area contributed by atoms with Crippen molar-refractivity contribution in [2.24, 2.45) is 0 Å². The minimum Gasteiger partial charge on any atom is -0.366 e. The van der Waals surface area contributed by atoms with Gasteiger partial charge in [0.2, 0.25) is 0 Å². The summed E-state index contributed by atoms with van der Waals surface area (Å²) in [7, 11) is 0. The molecule has 1 aromatic heterocycles. The number of hydrogen-bond donors (Lipinski definition) is 2. The molecule has 1 fully saturated rings. The molecule has 2 aromatic rings. The molecule has 5 nitrogen and oxygen atoms in total. The molecule has 24 heavy (non-hydrogen) atoms. The molecule has 0 aliphatic heterocycles. The number of amides is 1. The van der Waals surface area contributed by atoms with Crippen LogP contribution in [0.3, 0.4) is 0 Å². The van der Waals surface area contributed by atoms with Crippen molar-refractivity contribution in [2.75, 3.05) is 10.6 Å². The van der Waals surface area contributed by atoms with Crippen molar-refractivity contribution in [2.45, 2.75) is 38.1 Å². The molecule has 0 spiro atoms. The van der Waals surface area contributed by atoms with E-state index in [1.807, 2.05) is 0 Å². The van der Waals surface area contributed by atoms with Crippen LogP contribution in [-0.4, -0.2) is 22.1 Å². The number of aromatic nitrogens is 2. The van der Waals surface area contributed by atoms with Crippen molar-refractivity contribution in [1.29, 1.82) is 0 Å². The number of nitrogens with zero attached hydrogens (tertiary/aromatic N) is 2. The maximum atomic E-state index is 13.1. The highest BCUT2D eigenvalue weighted by molar-refractivity contribution is 6.02. The SMILES string of the molecule is O=C(Nc1ccc(F)c(F)c1)c1ccc(NC2CCCCC2)nn1. The molecule has 0 atom stereocenters. The van der Waals surface area contributed by atoms with Crippen LogP contribution in [0.2, 0.25) is 0 Å². The van der Waals surface area contributed by atoms with Crippen LogP contribution in [0.25, 0.3) is 0 Å². The molecule has 0 unspecified atom stereocenters. The Hall–Kier alpha value is -2.57. The minimum absolute atomic E-state index is 0.105. The third kappa shape index (κ3) is 4.04. The summed E-state index contributed by atoms with van der Waals surface area (Å²) in [6.07, 6.45) is 5.91. The summed E-state index contributed by atoms with van der Waals surface area (Å²) in [5.74, 6) is -1.89. The van der Waals surface area contributed by atoms with Gasteiger partial charge in [0.1, 0.15) is 5.82 Å². The maximum absolute atomic E-state index is 13.1. The van der Waals surface area contributed by atoms with Crippen molar-refractivity contribution >= 4 is 17.4 Å². The zero-order valence-electron chi connectivity index (χ0n) is 13.1. The fourth-order valence-corrected chi connectivity index (χ4v) is 2.76. The van der Waals surface area contributed by atoms with Crippen LogP contribution in [0.5, 0.6) is 0 Å². The molecule has 2 N–H and O–H groups in total. The van der Waals surface area contributed by atoms with Gasteiger partial charge in [-0.1, -0.05) is 19.3 Å². The van der Waals surface area contributed by atoms with Crippen molar-refractivity contribution in [3.8, 4) is 0 Å². The summed E-state index contributed by atoms with van der Waals surface area (Å²) >= 11 is 0. The number of carbonyl (C=O) groups excluding carboxylic acids is 1. The largest absolute Gasteiger partial charge is 0.366 e. The lowest BCUT2D eigenvalue weighted by molar-refractivity contribution is 0.102. The van der Waals surface area contributed by atoms with Crippen LogP contribution in [0, 0.1) is 11.6 Å². The molecular weight excluding hydrogens is 314 g/mol. The first kappa shape index (κ1) is 16.3. The second kappa shape index (κ2) is 7.33. The molecule has 7 heteroatoms. The highest BCUT2D eigenvalue weighted by Crippen LogP contribution is 2.20. The first-order valence-electron chi connectivity index (χ1n) is 7.98. The third-order valence-corrected chi connectivity index (χ3v) is 4.03. The van der Waals surface area contributed by atoms with Crippen molar-refractivity contribution in [3.05, 3.63) is 47.7 Å². The van der Waals surface area contributed by atoms with Gasteiger partial charge < -0.3 is 10.6 Å². The Kier molecular flexibility index (Phi) is 4.98. The van der Waals surface area contributed by atoms with Gasteiger partial charge in [0.15, 0.2) is 17.3 Å². The van der Waals surface area contributed by atoms with Gasteiger partial charge in [-0.25, -0.2) is 8.78 Å². The van der Waals surface area contributed by atoms with Crippen molar-refractivity contribution in [1.82, 2.24) is 10.2 Å². The molecule has 1 amide bonds. The quantitative estimate of drug-likeness (QED) is 0.895. The zero-order valence-corrected chi connectivity index (χ0v) is 13.1. The Morgan fingerprint density at radius 1 is 1.00 bits per heavy atom. The number of rotatable bonds is 4. The maximum Gasteiger partial charge on any atom is 0.276 e. The smallest absolute Gasteiger partial charge is 0.276 e. The van der Waals surface area contributed by atoms with Gasteiger partial charge >= 0.3 is 0 Å². The van der Waals surface area contributed by atoms with E-state index in [0.29, 0.717) is 11.9 Å². The summed E-state index contributed by atoms with van der Waals surface area (Å²) in [4.78, 5) is 12.1. The molecule has 1 aliphatic rings. The number of anilines is 2. The molecule has 1 aliphatic carbocycles. The standard InChI is InChI=1S/C17H18F2N4O/c18-13-7-6-12(10-14(13)19)21-17(24)15-8-9-16(23-22-15)20-11-4-2-1-3-5-11/h6-11H,1-5H2,(H,20,23)(H,21,24). The van der Waals surface area contributed by atoms with E-state index >= 15 is 0 Å². The normalized spacial score (nSPS) is 15.1. The fraction of sp³-hybridized carbons (Fsp3) is 0.353. The summed E-state index contributed by atoms with van der Waals surface area (Å²) in [5, 5.41) is 13.7. The predicted molar refractivity (Wildman–Crippen MR) is 86.8 cm³/mol. The lowest BCUT2D eigenvalue weighted by Crippen LogP contribution is -2.23. The van der Waals surface area contributed by atoms with Crippen LogP contribution in [0.15, 0.2) is 30.3 Å². The second-order valence-corrected chi connectivity index (χ2v) is 5.87. The Morgan fingerprint density at radius 3 is 2.46 bits per heavy atom. The van der Waals surface area contributed by atoms with E-state index in [1.54, 1.807) is 12.1 Å². The van der Waals surface area contributed by atoms with Crippen LogP contribution >= 0.6 is 0 Å². The van der Waals surface area contributed by atoms with Crippen LogP contribution in [0.1, 0.15) is 42.6 Å².